The summed E-state index contributed by atoms with van der Waals surface area (Å²) in [6.07, 6.45) is -11.0. The topological polar surface area (TPSA) is 55.1 Å². The highest BCUT2D eigenvalue weighted by Gasteiger charge is 2.61. The van der Waals surface area contributed by atoms with E-state index in [9.17, 15) is 31.1 Å². The molecular weight excluding hydrogens is 278 g/mol. The monoisotopic (exact) mass is 294 g/mol. The molecule has 0 fully saturated rings. The fourth-order valence-electron chi connectivity index (χ4n) is 1.39. The molecule has 3 N–H and O–H groups in total. The van der Waals surface area contributed by atoms with E-state index in [2.05, 4.69) is 0 Å². The second kappa shape index (κ2) is 5.98. The van der Waals surface area contributed by atoms with Crippen molar-refractivity contribution in [3.05, 3.63) is 0 Å². The molecule has 0 unspecified atom stereocenters. The molecule has 0 radical (unpaired) electrons. The molecule has 0 aromatic carbocycles. The van der Waals surface area contributed by atoms with Crippen molar-refractivity contribution >= 4 is 5.91 Å². The van der Waals surface area contributed by atoms with Crippen molar-refractivity contribution in [2.45, 2.75) is 32.6 Å². The summed E-state index contributed by atoms with van der Waals surface area (Å²) in [5, 5.41) is 1.69. The minimum absolute atomic E-state index is 0.213. The van der Waals surface area contributed by atoms with Gasteiger partial charge in [-0.1, -0.05) is 13.8 Å². The van der Waals surface area contributed by atoms with Crippen LogP contribution in [0.1, 0.15) is 20.3 Å². The van der Waals surface area contributed by atoms with Crippen LogP contribution in [0, 0.1) is 11.3 Å². The normalized spacial score (nSPS) is 13.8. The van der Waals surface area contributed by atoms with E-state index in [0.29, 0.717) is 6.42 Å². The minimum Gasteiger partial charge on any atom is -0.355 e. The predicted molar refractivity (Wildman–Crippen MR) is 56.1 cm³/mol. The Hall–Kier alpha value is -0.990. The third-order valence-corrected chi connectivity index (χ3v) is 2.48. The molecule has 0 bridgehead atoms. The molecule has 0 spiro atoms. The largest absolute Gasteiger partial charge is 0.409 e. The Balaban J connectivity index is 4.79. The lowest BCUT2D eigenvalue weighted by atomic mass is 9.89. The Morgan fingerprint density at radius 1 is 1.11 bits per heavy atom. The van der Waals surface area contributed by atoms with E-state index >= 15 is 0 Å². The standard InChI is InChI=1S/C10H16F6N2O/c1-8(2,3-4-17)5-18-7(19)6(9(11,12)13)10(14,15)16/h6H,3-5,17H2,1-2H3,(H,18,19). The molecule has 19 heavy (non-hydrogen) atoms. The smallest absolute Gasteiger partial charge is 0.355 e. The van der Waals surface area contributed by atoms with Crippen LogP contribution in [0.4, 0.5) is 26.3 Å². The van der Waals surface area contributed by atoms with E-state index in [0.717, 1.165) is 0 Å². The summed E-state index contributed by atoms with van der Waals surface area (Å²) >= 11 is 0. The van der Waals surface area contributed by atoms with E-state index in [1.807, 2.05) is 0 Å². The molecule has 0 heterocycles. The Bertz CT molecular complexity index is 296. The van der Waals surface area contributed by atoms with Crippen LogP contribution in [-0.4, -0.2) is 31.3 Å². The molecule has 9 heteroatoms. The molecule has 114 valence electrons. The van der Waals surface area contributed by atoms with Gasteiger partial charge in [-0.2, -0.15) is 26.3 Å². The van der Waals surface area contributed by atoms with E-state index in [1.54, 1.807) is 19.2 Å². The van der Waals surface area contributed by atoms with Crippen molar-refractivity contribution in [2.24, 2.45) is 17.1 Å². The van der Waals surface area contributed by atoms with Gasteiger partial charge in [0.05, 0.1) is 0 Å². The van der Waals surface area contributed by atoms with Crippen LogP contribution in [0.5, 0.6) is 0 Å². The molecule has 0 atom stereocenters. The number of hydrogen-bond donors (Lipinski definition) is 2. The van der Waals surface area contributed by atoms with Crippen LogP contribution in [-0.2, 0) is 4.79 Å². The number of rotatable bonds is 5. The van der Waals surface area contributed by atoms with Crippen LogP contribution in [0.15, 0.2) is 0 Å². The van der Waals surface area contributed by atoms with Gasteiger partial charge >= 0.3 is 12.4 Å². The lowest BCUT2D eigenvalue weighted by molar-refractivity contribution is -0.274. The van der Waals surface area contributed by atoms with E-state index in [1.165, 1.54) is 0 Å². The maximum Gasteiger partial charge on any atom is 0.409 e. The highest BCUT2D eigenvalue weighted by molar-refractivity contribution is 5.80. The number of carbonyl (C=O) groups excluding carboxylic acids is 1. The predicted octanol–water partition coefficient (Wildman–Crippen LogP) is 2.22. The average molecular weight is 294 g/mol. The van der Waals surface area contributed by atoms with Gasteiger partial charge < -0.3 is 11.1 Å². The van der Waals surface area contributed by atoms with E-state index in [4.69, 9.17) is 5.73 Å². The summed E-state index contributed by atoms with van der Waals surface area (Å²) in [7, 11) is 0. The summed E-state index contributed by atoms with van der Waals surface area (Å²) in [5.41, 5.74) is 4.57. The number of nitrogens with one attached hydrogen (secondary N) is 1. The number of amides is 1. The summed E-state index contributed by atoms with van der Waals surface area (Å²) < 4.78 is 73.4. The van der Waals surface area contributed by atoms with Crippen molar-refractivity contribution in [3.63, 3.8) is 0 Å². The molecule has 0 aromatic rings. The van der Waals surface area contributed by atoms with Gasteiger partial charge in [-0.05, 0) is 18.4 Å². The van der Waals surface area contributed by atoms with Gasteiger partial charge in [-0.3, -0.25) is 4.79 Å². The molecule has 0 aromatic heterocycles. The Labute approximate surface area is 106 Å². The van der Waals surface area contributed by atoms with Gasteiger partial charge in [-0.15, -0.1) is 0 Å². The van der Waals surface area contributed by atoms with Crippen LogP contribution in [0.2, 0.25) is 0 Å². The molecule has 0 aliphatic heterocycles. The molecule has 0 saturated carbocycles. The molecule has 0 aliphatic carbocycles. The zero-order chi connectivity index (χ0) is 15.5. The first-order chi connectivity index (χ1) is 8.31. The zero-order valence-electron chi connectivity index (χ0n) is 10.5. The number of nitrogens with two attached hydrogens (primary N) is 1. The summed E-state index contributed by atoms with van der Waals surface area (Å²) in [4.78, 5) is 11.1. The van der Waals surface area contributed by atoms with Gasteiger partial charge in [0, 0.05) is 6.54 Å². The third-order valence-electron chi connectivity index (χ3n) is 2.48. The Morgan fingerprint density at radius 2 is 1.53 bits per heavy atom. The van der Waals surface area contributed by atoms with Crippen LogP contribution < -0.4 is 11.1 Å². The molecule has 3 nitrogen and oxygen atoms in total. The lowest BCUT2D eigenvalue weighted by Gasteiger charge is -2.27. The molecule has 1 amide bonds. The van der Waals surface area contributed by atoms with Crippen LogP contribution >= 0.6 is 0 Å². The number of carbonyl (C=O) groups is 1. The van der Waals surface area contributed by atoms with Crippen molar-refractivity contribution in [2.75, 3.05) is 13.1 Å². The minimum atomic E-state index is -5.67. The van der Waals surface area contributed by atoms with Crippen molar-refractivity contribution in [3.8, 4) is 0 Å². The fourth-order valence-corrected chi connectivity index (χ4v) is 1.39. The lowest BCUT2D eigenvalue weighted by Crippen LogP contribution is -2.49. The first-order valence-corrected chi connectivity index (χ1v) is 5.42. The van der Waals surface area contributed by atoms with E-state index in [-0.39, 0.29) is 13.1 Å². The number of halogens is 6. The molecule has 0 saturated heterocycles. The maximum absolute atomic E-state index is 12.2. The van der Waals surface area contributed by atoms with Gasteiger partial charge in [0.2, 0.25) is 11.8 Å². The first-order valence-electron chi connectivity index (χ1n) is 5.42. The van der Waals surface area contributed by atoms with Gasteiger partial charge in [0.1, 0.15) is 0 Å². The fraction of sp³-hybridized carbons (Fsp3) is 0.900. The number of hydrogen-bond acceptors (Lipinski definition) is 2. The molecular formula is C10H16F6N2O. The SMILES string of the molecule is CC(C)(CCN)CNC(=O)C(C(F)(F)F)C(F)(F)F. The van der Waals surface area contributed by atoms with Crippen molar-refractivity contribution in [1.29, 1.82) is 0 Å². The van der Waals surface area contributed by atoms with Crippen LogP contribution in [0.3, 0.4) is 0 Å². The van der Waals surface area contributed by atoms with Gasteiger partial charge in [0.25, 0.3) is 0 Å². The molecule has 0 rings (SSSR count). The summed E-state index contributed by atoms with van der Waals surface area (Å²) in [5.74, 6) is -6.10. The maximum atomic E-state index is 12.2. The third kappa shape index (κ3) is 6.13. The van der Waals surface area contributed by atoms with Crippen molar-refractivity contribution < 1.29 is 31.1 Å². The average Bonchev–Trinajstić information content (AvgIpc) is 2.10. The summed E-state index contributed by atoms with van der Waals surface area (Å²) in [6.45, 7) is 3.06. The highest BCUT2D eigenvalue weighted by Crippen LogP contribution is 2.39. The number of alkyl halides is 6. The van der Waals surface area contributed by atoms with E-state index < -0.39 is 29.6 Å². The van der Waals surface area contributed by atoms with Gasteiger partial charge in [-0.25, -0.2) is 0 Å². The van der Waals surface area contributed by atoms with Crippen LogP contribution in [0.25, 0.3) is 0 Å². The quantitative estimate of drug-likeness (QED) is 0.764. The second-order valence-electron chi connectivity index (χ2n) is 4.94. The first kappa shape index (κ1) is 18.0. The Morgan fingerprint density at radius 3 is 1.84 bits per heavy atom. The van der Waals surface area contributed by atoms with Crippen molar-refractivity contribution in [1.82, 2.24) is 5.32 Å². The second-order valence-corrected chi connectivity index (χ2v) is 4.94. The zero-order valence-corrected chi connectivity index (χ0v) is 10.5. The van der Waals surface area contributed by atoms with Gasteiger partial charge in [0.15, 0.2) is 0 Å². The summed E-state index contributed by atoms with van der Waals surface area (Å²) in [6, 6.07) is 0. The highest BCUT2D eigenvalue weighted by atomic mass is 19.4. The molecule has 0 aliphatic rings. The Kier molecular flexibility index (Phi) is 5.66.